The van der Waals surface area contributed by atoms with Gasteiger partial charge in [-0.3, -0.25) is 9.58 Å². The molecule has 1 fully saturated rings. The zero-order valence-corrected chi connectivity index (χ0v) is 12.1. The summed E-state index contributed by atoms with van der Waals surface area (Å²) in [4.78, 5) is 2.54. The third kappa shape index (κ3) is 2.75. The monoisotopic (exact) mass is 250 g/mol. The molecule has 1 unspecified atom stereocenters. The number of nitrogens with zero attached hydrogens (tertiary/aromatic N) is 3. The Balaban J connectivity index is 2.20. The Morgan fingerprint density at radius 1 is 1.50 bits per heavy atom. The number of piperidine rings is 1. The van der Waals surface area contributed by atoms with Crippen molar-refractivity contribution in [2.24, 2.45) is 18.2 Å². The molecule has 18 heavy (non-hydrogen) atoms. The first-order valence-electron chi connectivity index (χ1n) is 6.87. The lowest BCUT2D eigenvalue weighted by atomic mass is 9.83. The van der Waals surface area contributed by atoms with Crippen LogP contribution in [0.15, 0.2) is 6.20 Å². The molecule has 2 N–H and O–H groups in total. The first kappa shape index (κ1) is 13.6. The molecule has 0 aromatic carbocycles. The van der Waals surface area contributed by atoms with Crippen LogP contribution in [0.25, 0.3) is 0 Å². The molecule has 1 aromatic rings. The lowest BCUT2D eigenvalue weighted by molar-refractivity contribution is 0.0804. The molecule has 1 aromatic heterocycles. The van der Waals surface area contributed by atoms with E-state index in [0.717, 1.165) is 18.8 Å². The van der Waals surface area contributed by atoms with Crippen molar-refractivity contribution in [1.82, 2.24) is 14.7 Å². The Kier molecular flexibility index (Phi) is 3.78. The van der Waals surface area contributed by atoms with Crippen molar-refractivity contribution in [3.05, 3.63) is 17.5 Å². The van der Waals surface area contributed by atoms with Gasteiger partial charge in [0.15, 0.2) is 0 Å². The summed E-state index contributed by atoms with van der Waals surface area (Å²) in [5, 5.41) is 4.45. The predicted molar refractivity (Wildman–Crippen MR) is 74.3 cm³/mol. The highest BCUT2D eigenvalue weighted by Crippen LogP contribution is 2.33. The molecule has 1 atom stereocenters. The molecule has 0 spiro atoms. The summed E-state index contributed by atoms with van der Waals surface area (Å²) in [6, 6.07) is 0.318. The van der Waals surface area contributed by atoms with Crippen LogP contribution in [-0.4, -0.2) is 34.3 Å². The van der Waals surface area contributed by atoms with Crippen molar-refractivity contribution in [3.63, 3.8) is 0 Å². The van der Waals surface area contributed by atoms with Crippen LogP contribution in [0.2, 0.25) is 0 Å². The Labute approximate surface area is 110 Å². The average Bonchev–Trinajstić information content (AvgIpc) is 2.58. The zero-order valence-electron chi connectivity index (χ0n) is 12.1. The fraction of sp³-hybridized carbons (Fsp3) is 0.786. The molecule has 0 aliphatic carbocycles. The quantitative estimate of drug-likeness (QED) is 0.890. The summed E-state index contributed by atoms with van der Waals surface area (Å²) < 4.78 is 1.89. The van der Waals surface area contributed by atoms with E-state index in [1.807, 2.05) is 11.7 Å². The van der Waals surface area contributed by atoms with E-state index < -0.39 is 0 Å². The minimum absolute atomic E-state index is 0.318. The van der Waals surface area contributed by atoms with Crippen LogP contribution in [0.1, 0.15) is 44.0 Å². The van der Waals surface area contributed by atoms with Crippen LogP contribution in [0, 0.1) is 12.3 Å². The molecule has 4 heteroatoms. The second kappa shape index (κ2) is 5.02. The van der Waals surface area contributed by atoms with E-state index >= 15 is 0 Å². The van der Waals surface area contributed by atoms with Gasteiger partial charge in [-0.25, -0.2) is 0 Å². The van der Waals surface area contributed by atoms with Gasteiger partial charge >= 0.3 is 0 Å². The molecule has 4 nitrogen and oxygen atoms in total. The number of aryl methyl sites for hydroxylation is 2. The van der Waals surface area contributed by atoms with Crippen LogP contribution >= 0.6 is 0 Å². The van der Waals surface area contributed by atoms with E-state index in [0.29, 0.717) is 18.0 Å². The van der Waals surface area contributed by atoms with Crippen molar-refractivity contribution in [2.75, 3.05) is 19.6 Å². The van der Waals surface area contributed by atoms with Gasteiger partial charge in [-0.1, -0.05) is 13.8 Å². The number of hydrogen-bond acceptors (Lipinski definition) is 3. The van der Waals surface area contributed by atoms with Crippen LogP contribution in [0.4, 0.5) is 0 Å². The smallest absolute Gasteiger partial charge is 0.0641 e. The number of aromatic nitrogens is 2. The average molecular weight is 250 g/mol. The summed E-state index contributed by atoms with van der Waals surface area (Å²) in [5.74, 6) is 0. The molecule has 2 heterocycles. The van der Waals surface area contributed by atoms with E-state index in [-0.39, 0.29) is 0 Å². The molecular formula is C14H26N4. The second-order valence-electron chi connectivity index (χ2n) is 6.33. The maximum Gasteiger partial charge on any atom is 0.0641 e. The fourth-order valence-electron chi connectivity index (χ4n) is 3.15. The van der Waals surface area contributed by atoms with Gasteiger partial charge in [-0.05, 0) is 31.7 Å². The van der Waals surface area contributed by atoms with Crippen molar-refractivity contribution >= 4 is 0 Å². The molecule has 1 saturated heterocycles. The molecule has 0 saturated carbocycles. The van der Waals surface area contributed by atoms with Gasteiger partial charge in [0, 0.05) is 31.9 Å². The SMILES string of the molecule is Cc1nn(C)cc1C(CN)N1CCCC(C)(C)C1. The number of nitrogens with two attached hydrogens (primary N) is 1. The molecule has 1 aliphatic heterocycles. The topological polar surface area (TPSA) is 47.1 Å². The predicted octanol–water partition coefficient (Wildman–Crippen LogP) is 1.85. The summed E-state index contributed by atoms with van der Waals surface area (Å²) >= 11 is 0. The maximum absolute atomic E-state index is 6.02. The lowest BCUT2D eigenvalue weighted by Crippen LogP contribution is -2.44. The number of hydrogen-bond donors (Lipinski definition) is 1. The summed E-state index contributed by atoms with van der Waals surface area (Å²) in [6.45, 7) is 9.73. The number of rotatable bonds is 3. The van der Waals surface area contributed by atoms with Gasteiger partial charge in [0.05, 0.1) is 11.7 Å². The minimum atomic E-state index is 0.318. The summed E-state index contributed by atoms with van der Waals surface area (Å²) in [6.07, 6.45) is 4.70. The molecule has 0 bridgehead atoms. The van der Waals surface area contributed by atoms with E-state index in [1.165, 1.54) is 18.4 Å². The molecule has 0 amide bonds. The van der Waals surface area contributed by atoms with Gasteiger partial charge in [0.2, 0.25) is 0 Å². The summed E-state index contributed by atoms with van der Waals surface area (Å²) in [5.41, 5.74) is 8.83. The normalized spacial score (nSPS) is 22.1. The van der Waals surface area contributed by atoms with Crippen molar-refractivity contribution in [1.29, 1.82) is 0 Å². The maximum atomic E-state index is 6.02. The lowest BCUT2D eigenvalue weighted by Gasteiger charge is -2.42. The van der Waals surface area contributed by atoms with Crippen molar-refractivity contribution < 1.29 is 0 Å². The first-order valence-corrected chi connectivity index (χ1v) is 6.87. The third-order valence-electron chi connectivity index (χ3n) is 4.00. The highest BCUT2D eigenvalue weighted by Gasteiger charge is 2.31. The van der Waals surface area contributed by atoms with E-state index in [2.05, 4.69) is 37.0 Å². The van der Waals surface area contributed by atoms with Crippen LogP contribution in [0.5, 0.6) is 0 Å². The van der Waals surface area contributed by atoms with Gasteiger partial charge in [-0.15, -0.1) is 0 Å². The Bertz CT molecular complexity index is 408. The Morgan fingerprint density at radius 2 is 2.22 bits per heavy atom. The molecule has 0 radical (unpaired) electrons. The van der Waals surface area contributed by atoms with E-state index in [4.69, 9.17) is 5.73 Å². The van der Waals surface area contributed by atoms with Crippen LogP contribution in [-0.2, 0) is 7.05 Å². The molecule has 2 rings (SSSR count). The van der Waals surface area contributed by atoms with Gasteiger partial charge in [0.1, 0.15) is 0 Å². The third-order valence-corrected chi connectivity index (χ3v) is 4.00. The van der Waals surface area contributed by atoms with Gasteiger partial charge in [0.25, 0.3) is 0 Å². The van der Waals surface area contributed by atoms with E-state index in [1.54, 1.807) is 0 Å². The zero-order chi connectivity index (χ0) is 13.3. The molecule has 102 valence electrons. The standard InChI is InChI=1S/C14H26N4/c1-11-12(9-17(4)16-11)13(8-15)18-7-5-6-14(2,3)10-18/h9,13H,5-8,10,15H2,1-4H3. The Hall–Kier alpha value is -0.870. The van der Waals surface area contributed by atoms with Gasteiger partial charge < -0.3 is 5.73 Å². The fourth-order valence-corrected chi connectivity index (χ4v) is 3.15. The molecule has 1 aliphatic rings. The van der Waals surface area contributed by atoms with Gasteiger partial charge in [-0.2, -0.15) is 5.10 Å². The van der Waals surface area contributed by atoms with E-state index in [9.17, 15) is 0 Å². The Morgan fingerprint density at radius 3 is 2.72 bits per heavy atom. The molecular weight excluding hydrogens is 224 g/mol. The summed E-state index contributed by atoms with van der Waals surface area (Å²) in [7, 11) is 1.98. The number of likely N-dealkylation sites (tertiary alicyclic amines) is 1. The van der Waals surface area contributed by atoms with Crippen LogP contribution in [0.3, 0.4) is 0 Å². The van der Waals surface area contributed by atoms with Crippen LogP contribution < -0.4 is 5.73 Å². The first-order chi connectivity index (χ1) is 8.43. The van der Waals surface area contributed by atoms with Crippen molar-refractivity contribution in [3.8, 4) is 0 Å². The largest absolute Gasteiger partial charge is 0.329 e. The van der Waals surface area contributed by atoms with Crippen molar-refractivity contribution in [2.45, 2.75) is 39.7 Å². The highest BCUT2D eigenvalue weighted by atomic mass is 15.3. The second-order valence-corrected chi connectivity index (χ2v) is 6.33. The minimum Gasteiger partial charge on any atom is -0.329 e. The highest BCUT2D eigenvalue weighted by molar-refractivity contribution is 5.21.